The first-order chi connectivity index (χ1) is 13.0. The molecule has 1 aliphatic rings. The summed E-state index contributed by atoms with van der Waals surface area (Å²) in [7, 11) is -3.62. The van der Waals surface area contributed by atoms with E-state index in [0.29, 0.717) is 5.56 Å². The molecule has 1 aromatic rings. The van der Waals surface area contributed by atoms with E-state index in [9.17, 15) is 14.5 Å². The number of pyridine rings is 1. The zero-order chi connectivity index (χ0) is 19.7. The summed E-state index contributed by atoms with van der Waals surface area (Å²) in [5.74, 6) is -0.350. The number of aliphatic hydroxyl groups is 1. The van der Waals surface area contributed by atoms with Crippen molar-refractivity contribution in [3.8, 4) is 0 Å². The van der Waals surface area contributed by atoms with Gasteiger partial charge < -0.3 is 19.5 Å². The van der Waals surface area contributed by atoms with E-state index >= 15 is 0 Å². The van der Waals surface area contributed by atoms with Crippen molar-refractivity contribution in [2.45, 2.75) is 51.3 Å². The average Bonchev–Trinajstić information content (AvgIpc) is 2.69. The summed E-state index contributed by atoms with van der Waals surface area (Å²) < 4.78 is 24.3. The van der Waals surface area contributed by atoms with E-state index < -0.39 is 19.4 Å². The second-order valence-corrected chi connectivity index (χ2v) is 8.62. The SMILES string of the molecule is CCOP(=O)(OCC)C(CNC(=O)c1cccnc1)C(O)C1=CCCCC1. The number of allylic oxidation sites excluding steroid dienone is 1. The molecule has 0 aliphatic heterocycles. The molecule has 2 rings (SSSR count). The summed E-state index contributed by atoms with van der Waals surface area (Å²) in [6, 6.07) is 3.31. The predicted octanol–water partition coefficient (Wildman–Crippen LogP) is 3.31. The second kappa shape index (κ2) is 10.7. The van der Waals surface area contributed by atoms with Gasteiger partial charge in [0.15, 0.2) is 0 Å². The number of nitrogens with one attached hydrogen (secondary N) is 1. The molecule has 150 valence electrons. The summed E-state index contributed by atoms with van der Waals surface area (Å²) >= 11 is 0. The molecule has 2 N–H and O–H groups in total. The number of aliphatic hydroxyl groups excluding tert-OH is 1. The summed E-state index contributed by atoms with van der Waals surface area (Å²) in [5.41, 5.74) is 0.356. The van der Waals surface area contributed by atoms with E-state index in [1.807, 2.05) is 6.08 Å². The van der Waals surface area contributed by atoms with Gasteiger partial charge in [-0.25, -0.2) is 0 Å². The highest BCUT2D eigenvalue weighted by atomic mass is 31.2. The van der Waals surface area contributed by atoms with Gasteiger partial charge >= 0.3 is 7.60 Å². The van der Waals surface area contributed by atoms with E-state index in [0.717, 1.165) is 31.3 Å². The van der Waals surface area contributed by atoms with Crippen molar-refractivity contribution in [1.82, 2.24) is 10.3 Å². The molecule has 1 heterocycles. The summed E-state index contributed by atoms with van der Waals surface area (Å²) in [6.07, 6.45) is 7.71. The maximum Gasteiger partial charge on any atom is 0.338 e. The quantitative estimate of drug-likeness (QED) is 0.465. The highest BCUT2D eigenvalue weighted by Gasteiger charge is 2.42. The smallest absolute Gasteiger partial charge is 0.338 e. The Labute approximate surface area is 160 Å². The van der Waals surface area contributed by atoms with Gasteiger partial charge in [0.05, 0.1) is 24.9 Å². The molecule has 2 atom stereocenters. The summed E-state index contributed by atoms with van der Waals surface area (Å²) in [5, 5.41) is 13.7. The van der Waals surface area contributed by atoms with Crippen LogP contribution in [0.3, 0.4) is 0 Å². The van der Waals surface area contributed by atoms with Crippen LogP contribution in [0.1, 0.15) is 49.9 Å². The molecule has 0 aromatic carbocycles. The lowest BCUT2D eigenvalue weighted by atomic mass is 9.94. The third-order valence-corrected chi connectivity index (χ3v) is 7.00. The number of carbonyl (C=O) groups excluding carboxylic acids is 1. The van der Waals surface area contributed by atoms with E-state index in [4.69, 9.17) is 9.05 Å². The molecule has 0 saturated carbocycles. The van der Waals surface area contributed by atoms with Gasteiger partial charge in [-0.1, -0.05) is 6.08 Å². The number of nitrogens with zero attached hydrogens (tertiary/aromatic N) is 1. The van der Waals surface area contributed by atoms with Gasteiger partial charge in [-0.2, -0.15) is 0 Å². The Bertz CT molecular complexity index is 670. The molecule has 1 aromatic heterocycles. The number of carbonyl (C=O) groups is 1. The first-order valence-corrected chi connectivity index (χ1v) is 11.1. The molecule has 1 aliphatic carbocycles. The minimum absolute atomic E-state index is 0.0243. The molecule has 2 unspecified atom stereocenters. The third kappa shape index (κ3) is 5.98. The largest absolute Gasteiger partial charge is 0.388 e. The van der Waals surface area contributed by atoms with Crippen molar-refractivity contribution >= 4 is 13.5 Å². The normalized spacial score (nSPS) is 17.1. The fraction of sp³-hybridized carbons (Fsp3) is 0.579. The van der Waals surface area contributed by atoms with Gasteiger partial charge in [0.1, 0.15) is 5.66 Å². The molecule has 0 saturated heterocycles. The van der Waals surface area contributed by atoms with Crippen molar-refractivity contribution in [3.05, 3.63) is 41.7 Å². The Hall–Kier alpha value is -1.53. The Morgan fingerprint density at radius 2 is 2.07 bits per heavy atom. The predicted molar refractivity (Wildman–Crippen MR) is 104 cm³/mol. The first-order valence-electron chi connectivity index (χ1n) is 9.45. The van der Waals surface area contributed by atoms with Crippen LogP contribution in [-0.4, -0.2) is 47.5 Å². The molecular formula is C19H29N2O5P. The molecule has 0 fully saturated rings. The van der Waals surface area contributed by atoms with Gasteiger partial charge in [-0.05, 0) is 57.2 Å². The Morgan fingerprint density at radius 3 is 2.63 bits per heavy atom. The van der Waals surface area contributed by atoms with Crippen LogP contribution in [0.5, 0.6) is 0 Å². The third-order valence-electron chi connectivity index (χ3n) is 4.49. The molecular weight excluding hydrogens is 367 g/mol. The van der Waals surface area contributed by atoms with Crippen molar-refractivity contribution in [3.63, 3.8) is 0 Å². The van der Waals surface area contributed by atoms with Gasteiger partial charge in [-0.3, -0.25) is 14.3 Å². The standard InChI is InChI=1S/C19H29N2O5P/c1-3-25-27(24,26-4-2)17(18(22)15-9-6-5-7-10-15)14-21-19(23)16-11-8-12-20-13-16/h8-9,11-13,17-18,22H,3-7,10,14H2,1-2H3,(H,21,23). The highest BCUT2D eigenvalue weighted by Crippen LogP contribution is 2.55. The van der Waals surface area contributed by atoms with Gasteiger partial charge in [0.2, 0.25) is 0 Å². The van der Waals surface area contributed by atoms with Crippen LogP contribution < -0.4 is 5.32 Å². The number of hydrogen-bond acceptors (Lipinski definition) is 6. The first kappa shape index (κ1) is 21.8. The minimum Gasteiger partial charge on any atom is -0.388 e. The average molecular weight is 396 g/mol. The number of aromatic nitrogens is 1. The van der Waals surface area contributed by atoms with Crippen LogP contribution in [0.25, 0.3) is 0 Å². The monoisotopic (exact) mass is 396 g/mol. The maximum atomic E-state index is 13.4. The van der Waals surface area contributed by atoms with Gasteiger partial charge in [0.25, 0.3) is 5.91 Å². The van der Waals surface area contributed by atoms with E-state index in [1.54, 1.807) is 32.2 Å². The fourth-order valence-electron chi connectivity index (χ4n) is 3.16. The van der Waals surface area contributed by atoms with E-state index in [2.05, 4.69) is 10.3 Å². The van der Waals surface area contributed by atoms with E-state index in [1.165, 1.54) is 6.20 Å². The molecule has 0 spiro atoms. The lowest BCUT2D eigenvalue weighted by Crippen LogP contribution is -2.41. The fourth-order valence-corrected chi connectivity index (χ4v) is 5.19. The molecule has 1 amide bonds. The van der Waals surface area contributed by atoms with Crippen molar-refractivity contribution < 1.29 is 23.5 Å². The van der Waals surface area contributed by atoms with E-state index in [-0.39, 0.29) is 25.7 Å². The Balaban J connectivity index is 2.21. The lowest BCUT2D eigenvalue weighted by Gasteiger charge is -2.32. The van der Waals surface area contributed by atoms with Gasteiger partial charge in [0, 0.05) is 18.9 Å². The molecule has 0 bridgehead atoms. The van der Waals surface area contributed by atoms with Crippen LogP contribution in [0.4, 0.5) is 0 Å². The zero-order valence-electron chi connectivity index (χ0n) is 16.0. The molecule has 7 nitrogen and oxygen atoms in total. The summed E-state index contributed by atoms with van der Waals surface area (Å²) in [6.45, 7) is 3.81. The topological polar surface area (TPSA) is 97.8 Å². The minimum atomic E-state index is -3.62. The van der Waals surface area contributed by atoms with Crippen molar-refractivity contribution in [2.75, 3.05) is 19.8 Å². The number of rotatable bonds is 10. The second-order valence-electron chi connectivity index (χ2n) is 6.36. The lowest BCUT2D eigenvalue weighted by molar-refractivity contribution is 0.0942. The van der Waals surface area contributed by atoms with Crippen LogP contribution in [0, 0.1) is 0 Å². The van der Waals surface area contributed by atoms with Crippen LogP contribution in [0.15, 0.2) is 36.2 Å². The van der Waals surface area contributed by atoms with Crippen molar-refractivity contribution in [2.24, 2.45) is 0 Å². The molecule has 8 heteroatoms. The Kier molecular flexibility index (Phi) is 8.64. The zero-order valence-corrected chi connectivity index (χ0v) is 16.9. The highest BCUT2D eigenvalue weighted by molar-refractivity contribution is 7.54. The summed E-state index contributed by atoms with van der Waals surface area (Å²) in [4.78, 5) is 16.3. The van der Waals surface area contributed by atoms with Gasteiger partial charge in [-0.15, -0.1) is 0 Å². The number of hydrogen-bond donors (Lipinski definition) is 2. The van der Waals surface area contributed by atoms with Crippen molar-refractivity contribution in [1.29, 1.82) is 0 Å². The molecule has 0 radical (unpaired) electrons. The van der Waals surface area contributed by atoms with Crippen LogP contribution in [0.2, 0.25) is 0 Å². The maximum absolute atomic E-state index is 13.4. The number of amides is 1. The molecule has 27 heavy (non-hydrogen) atoms. The Morgan fingerprint density at radius 1 is 1.33 bits per heavy atom. The van der Waals surface area contributed by atoms with Crippen LogP contribution in [-0.2, 0) is 13.6 Å². The van der Waals surface area contributed by atoms with Crippen LogP contribution >= 0.6 is 7.60 Å².